The maximum Gasteiger partial charge on any atom is 0.160 e. The number of carbonyl (C=O) groups excluding carboxylic acids is 1. The number of fused-ring (bicyclic) bond motifs is 2. The summed E-state index contributed by atoms with van der Waals surface area (Å²) < 4.78 is 13.3. The molecule has 0 saturated heterocycles. The van der Waals surface area contributed by atoms with Crippen molar-refractivity contribution in [2.45, 2.75) is 22.6 Å². The number of hydrogen-bond donors (Lipinski definition) is 1. The van der Waals surface area contributed by atoms with Gasteiger partial charge in [-0.15, -0.1) is 0 Å². The molecule has 4 heteroatoms. The zero-order valence-corrected chi connectivity index (χ0v) is 15.5. The lowest BCUT2D eigenvalue weighted by atomic mass is 9.81. The van der Waals surface area contributed by atoms with Gasteiger partial charge >= 0.3 is 0 Å². The minimum Gasteiger partial charge on any atom is -0.507 e. The number of aliphatic hydroxyl groups excluding tert-OH is 1. The van der Waals surface area contributed by atoms with E-state index >= 15 is 0 Å². The van der Waals surface area contributed by atoms with Gasteiger partial charge in [-0.1, -0.05) is 48.2 Å². The topological polar surface area (TPSA) is 37.3 Å². The van der Waals surface area contributed by atoms with E-state index in [9.17, 15) is 14.3 Å². The zero-order chi connectivity index (χ0) is 19.0. The van der Waals surface area contributed by atoms with Crippen LogP contribution in [0.3, 0.4) is 0 Å². The molecule has 0 saturated carbocycles. The normalized spacial score (nSPS) is 14.1. The molecule has 1 aliphatic heterocycles. The first-order valence-corrected chi connectivity index (χ1v) is 9.43. The Morgan fingerprint density at radius 2 is 1.41 bits per heavy atom. The highest BCUT2D eigenvalue weighted by Crippen LogP contribution is 2.49. The predicted molar refractivity (Wildman–Crippen MR) is 105 cm³/mol. The molecule has 2 nitrogen and oxygen atoms in total. The van der Waals surface area contributed by atoms with Crippen molar-refractivity contribution in [3.8, 4) is 0 Å². The van der Waals surface area contributed by atoms with Gasteiger partial charge in [0, 0.05) is 26.8 Å². The predicted octanol–water partition coefficient (Wildman–Crippen LogP) is 5.98. The van der Waals surface area contributed by atoms with Gasteiger partial charge in [-0.25, -0.2) is 4.39 Å². The van der Waals surface area contributed by atoms with Crippen molar-refractivity contribution in [1.82, 2.24) is 0 Å². The van der Waals surface area contributed by atoms with Crippen LogP contribution in [-0.2, 0) is 4.79 Å². The van der Waals surface area contributed by atoms with Crippen LogP contribution in [0.1, 0.15) is 29.5 Å². The summed E-state index contributed by atoms with van der Waals surface area (Å²) in [5.74, 6) is -1.08. The summed E-state index contributed by atoms with van der Waals surface area (Å²) in [5.41, 5.74) is 2.72. The number of aliphatic hydroxyl groups is 1. The van der Waals surface area contributed by atoms with Gasteiger partial charge in [0.05, 0.1) is 0 Å². The van der Waals surface area contributed by atoms with Crippen molar-refractivity contribution in [2.75, 3.05) is 0 Å². The number of benzene rings is 3. The molecule has 0 aliphatic carbocycles. The summed E-state index contributed by atoms with van der Waals surface area (Å²) in [7, 11) is 0. The van der Waals surface area contributed by atoms with Crippen LogP contribution in [-0.4, -0.2) is 10.9 Å². The van der Waals surface area contributed by atoms with Crippen molar-refractivity contribution < 1.29 is 14.3 Å². The molecule has 0 amide bonds. The van der Waals surface area contributed by atoms with Gasteiger partial charge in [-0.3, -0.25) is 4.79 Å². The molecule has 0 bridgehead atoms. The van der Waals surface area contributed by atoms with Crippen LogP contribution in [0.15, 0.2) is 88.2 Å². The third-order valence-electron chi connectivity index (χ3n) is 4.72. The van der Waals surface area contributed by atoms with Crippen LogP contribution in [0.25, 0.3) is 5.76 Å². The summed E-state index contributed by atoms with van der Waals surface area (Å²) in [6.07, 6.45) is 0. The molecule has 1 aliphatic rings. The Bertz CT molecular complexity index is 1010. The second kappa shape index (κ2) is 7.05. The van der Waals surface area contributed by atoms with E-state index in [0.29, 0.717) is 11.1 Å². The average Bonchev–Trinajstić information content (AvgIpc) is 2.68. The first kappa shape index (κ1) is 17.6. The van der Waals surface area contributed by atoms with Gasteiger partial charge in [0.2, 0.25) is 0 Å². The third kappa shape index (κ3) is 3.17. The number of halogens is 1. The second-order valence-electron chi connectivity index (χ2n) is 6.44. The third-order valence-corrected chi connectivity index (χ3v) is 5.90. The van der Waals surface area contributed by atoms with Crippen LogP contribution in [0.2, 0.25) is 0 Å². The lowest BCUT2D eigenvalue weighted by molar-refractivity contribution is -0.113. The Morgan fingerprint density at radius 3 is 1.93 bits per heavy atom. The number of rotatable bonds is 3. The Morgan fingerprint density at radius 1 is 0.889 bits per heavy atom. The summed E-state index contributed by atoms with van der Waals surface area (Å²) in [6.45, 7) is 1.46. The van der Waals surface area contributed by atoms with E-state index in [1.807, 2.05) is 48.5 Å². The molecule has 1 heterocycles. The number of hydrogen-bond acceptors (Lipinski definition) is 3. The number of allylic oxidation sites excluding steroid dienone is 1. The van der Waals surface area contributed by atoms with Crippen molar-refractivity contribution >= 4 is 23.3 Å². The summed E-state index contributed by atoms with van der Waals surface area (Å²) >= 11 is 1.66. The first-order valence-electron chi connectivity index (χ1n) is 8.62. The summed E-state index contributed by atoms with van der Waals surface area (Å²) in [5, 5.41) is 11.0. The van der Waals surface area contributed by atoms with Gasteiger partial charge in [0.1, 0.15) is 11.6 Å². The lowest BCUT2D eigenvalue weighted by Gasteiger charge is -2.29. The molecule has 4 rings (SSSR count). The molecule has 0 radical (unpaired) electrons. The molecule has 0 aromatic heterocycles. The second-order valence-corrected chi connectivity index (χ2v) is 7.52. The standard InChI is InChI=1S/C23H17FO2S/c1-14(25)21(23(26)15-10-12-16(24)13-11-15)22-17-6-2-4-8-19(17)27-20-9-5-3-7-18(20)22/h2-13,22,26H,1H3. The Kier molecular flexibility index (Phi) is 4.58. The van der Waals surface area contributed by atoms with Crippen LogP contribution in [0.5, 0.6) is 0 Å². The summed E-state index contributed by atoms with van der Waals surface area (Å²) in [6, 6.07) is 21.4. The number of carbonyl (C=O) groups is 1. The fourth-order valence-corrected chi connectivity index (χ4v) is 4.63. The highest BCUT2D eigenvalue weighted by molar-refractivity contribution is 7.99. The summed E-state index contributed by atoms with van der Waals surface area (Å²) in [4.78, 5) is 14.8. The molecule has 134 valence electrons. The van der Waals surface area contributed by atoms with Gasteiger partial charge < -0.3 is 5.11 Å². The van der Waals surface area contributed by atoms with E-state index in [2.05, 4.69) is 0 Å². The maximum absolute atomic E-state index is 13.3. The largest absolute Gasteiger partial charge is 0.507 e. The van der Waals surface area contributed by atoms with E-state index in [-0.39, 0.29) is 23.3 Å². The quantitative estimate of drug-likeness (QED) is 0.451. The van der Waals surface area contributed by atoms with E-state index < -0.39 is 0 Å². The lowest BCUT2D eigenvalue weighted by Crippen LogP contribution is -2.17. The molecular formula is C23H17FO2S. The number of ketones is 1. The van der Waals surface area contributed by atoms with Crippen molar-refractivity contribution in [2.24, 2.45) is 0 Å². The Labute approximate surface area is 161 Å². The fraction of sp³-hybridized carbons (Fsp3) is 0.0870. The molecule has 27 heavy (non-hydrogen) atoms. The van der Waals surface area contributed by atoms with Crippen molar-refractivity contribution in [3.05, 3.63) is 101 Å². The Balaban J connectivity index is 1.98. The van der Waals surface area contributed by atoms with E-state index in [0.717, 1.165) is 20.9 Å². The van der Waals surface area contributed by atoms with E-state index in [1.54, 1.807) is 11.8 Å². The van der Waals surface area contributed by atoms with Crippen molar-refractivity contribution in [1.29, 1.82) is 0 Å². The van der Waals surface area contributed by atoms with E-state index in [1.165, 1.54) is 31.2 Å². The smallest absolute Gasteiger partial charge is 0.160 e. The van der Waals surface area contributed by atoms with Crippen LogP contribution < -0.4 is 0 Å². The monoisotopic (exact) mass is 376 g/mol. The van der Waals surface area contributed by atoms with Crippen LogP contribution in [0.4, 0.5) is 4.39 Å². The molecule has 3 aromatic carbocycles. The van der Waals surface area contributed by atoms with Crippen LogP contribution >= 0.6 is 11.8 Å². The minimum absolute atomic E-state index is 0.107. The van der Waals surface area contributed by atoms with Gasteiger partial charge in [-0.05, 0) is 54.4 Å². The highest BCUT2D eigenvalue weighted by Gasteiger charge is 2.33. The molecule has 0 unspecified atom stereocenters. The van der Waals surface area contributed by atoms with Gasteiger partial charge in [0.15, 0.2) is 5.78 Å². The molecule has 0 spiro atoms. The molecule has 0 atom stereocenters. The van der Waals surface area contributed by atoms with Gasteiger partial charge in [-0.2, -0.15) is 0 Å². The molecule has 1 N–H and O–H groups in total. The minimum atomic E-state index is -0.388. The molecule has 0 fully saturated rings. The SMILES string of the molecule is CC(=O)C(=C(O)c1ccc(F)cc1)C1c2ccccc2Sc2ccccc21. The average molecular weight is 376 g/mol. The zero-order valence-electron chi connectivity index (χ0n) is 14.6. The molecule has 3 aromatic rings. The first-order chi connectivity index (χ1) is 13.1. The molecular weight excluding hydrogens is 359 g/mol. The van der Waals surface area contributed by atoms with Crippen LogP contribution in [0, 0.1) is 5.82 Å². The maximum atomic E-state index is 13.3. The number of Topliss-reactive ketones (excluding diaryl/α,β-unsaturated/α-hetero) is 1. The van der Waals surface area contributed by atoms with E-state index in [4.69, 9.17) is 0 Å². The Hall–Kier alpha value is -2.85. The fourth-order valence-electron chi connectivity index (χ4n) is 3.49. The highest BCUT2D eigenvalue weighted by atomic mass is 32.2. The van der Waals surface area contributed by atoms with Crippen molar-refractivity contribution in [3.63, 3.8) is 0 Å². The van der Waals surface area contributed by atoms with Gasteiger partial charge in [0.25, 0.3) is 0 Å².